The van der Waals surface area contributed by atoms with Crippen molar-refractivity contribution in [3.8, 4) is 0 Å². The van der Waals surface area contributed by atoms with Gasteiger partial charge in [0.15, 0.2) is 0 Å². The predicted molar refractivity (Wildman–Crippen MR) is 121 cm³/mol. The van der Waals surface area contributed by atoms with E-state index in [9.17, 15) is 5.11 Å². The van der Waals surface area contributed by atoms with Crippen molar-refractivity contribution in [2.75, 3.05) is 0 Å². The molecule has 0 spiro atoms. The molecule has 1 heteroatoms. The van der Waals surface area contributed by atoms with Gasteiger partial charge in [-0.15, -0.1) is 0 Å². The molecule has 0 aliphatic heterocycles. The molecule has 1 nitrogen and oxygen atoms in total. The van der Waals surface area contributed by atoms with E-state index in [-0.39, 0.29) is 6.10 Å². The van der Waals surface area contributed by atoms with Gasteiger partial charge in [-0.1, -0.05) is 137 Å². The topological polar surface area (TPSA) is 20.2 Å². The molecule has 0 amide bonds. The van der Waals surface area contributed by atoms with Gasteiger partial charge in [0.25, 0.3) is 0 Å². The molecule has 0 heterocycles. The first-order chi connectivity index (χ1) is 12.6. The number of hydrogen-bond acceptors (Lipinski definition) is 1. The molecule has 0 aliphatic carbocycles. The Kier molecular flexibility index (Phi) is 27.0. The maximum absolute atomic E-state index is 9.58. The van der Waals surface area contributed by atoms with E-state index >= 15 is 0 Å². The summed E-state index contributed by atoms with van der Waals surface area (Å²) in [7, 11) is 0. The minimum atomic E-state index is -0.0246. The lowest BCUT2D eigenvalue weighted by Gasteiger charge is -2.10. The first-order valence-corrected chi connectivity index (χ1v) is 12.3. The van der Waals surface area contributed by atoms with Gasteiger partial charge in [0, 0.05) is 0 Å². The van der Waals surface area contributed by atoms with Crippen LogP contribution in [0.15, 0.2) is 0 Å². The maximum atomic E-state index is 9.58. The molecule has 0 aromatic heterocycles. The summed E-state index contributed by atoms with van der Waals surface area (Å²) in [6.45, 7) is 11.4. The molecule has 2 unspecified atom stereocenters. The van der Waals surface area contributed by atoms with Crippen LogP contribution in [-0.2, 0) is 0 Å². The van der Waals surface area contributed by atoms with E-state index in [2.05, 4.69) is 34.6 Å². The highest BCUT2D eigenvalue weighted by atomic mass is 16.3. The van der Waals surface area contributed by atoms with Gasteiger partial charge < -0.3 is 5.11 Å². The van der Waals surface area contributed by atoms with Gasteiger partial charge in [0.05, 0.1) is 6.10 Å². The first-order valence-electron chi connectivity index (χ1n) is 12.3. The van der Waals surface area contributed by atoms with Crippen molar-refractivity contribution in [1.29, 1.82) is 0 Å². The lowest BCUT2D eigenvalue weighted by atomic mass is 9.97. The van der Waals surface area contributed by atoms with Crippen molar-refractivity contribution < 1.29 is 5.11 Å². The summed E-state index contributed by atoms with van der Waals surface area (Å²) in [5, 5.41) is 9.58. The summed E-state index contributed by atoms with van der Waals surface area (Å²) >= 11 is 0. The summed E-state index contributed by atoms with van der Waals surface area (Å²) in [4.78, 5) is 0. The van der Waals surface area contributed by atoms with Crippen LogP contribution in [0.4, 0.5) is 0 Å². The highest BCUT2D eigenvalue weighted by Gasteiger charge is 2.02. The van der Waals surface area contributed by atoms with Crippen molar-refractivity contribution in [2.45, 2.75) is 156 Å². The molecule has 0 saturated carbocycles. The van der Waals surface area contributed by atoms with E-state index < -0.39 is 0 Å². The SMILES string of the molecule is CCCCCCC(C)CCCCC.CCCCCCC(O)CCCCC. The summed E-state index contributed by atoms with van der Waals surface area (Å²) < 4.78 is 0. The summed E-state index contributed by atoms with van der Waals surface area (Å²) in [5.41, 5.74) is 0. The van der Waals surface area contributed by atoms with Gasteiger partial charge in [-0.05, 0) is 18.8 Å². The van der Waals surface area contributed by atoms with Gasteiger partial charge >= 0.3 is 0 Å². The van der Waals surface area contributed by atoms with Crippen LogP contribution in [0.5, 0.6) is 0 Å². The molecule has 0 aromatic carbocycles. The molecular formula is C25H54O. The van der Waals surface area contributed by atoms with Crippen molar-refractivity contribution in [3.05, 3.63) is 0 Å². The minimum absolute atomic E-state index is 0.0246. The van der Waals surface area contributed by atoms with Crippen molar-refractivity contribution in [1.82, 2.24) is 0 Å². The van der Waals surface area contributed by atoms with Crippen molar-refractivity contribution in [3.63, 3.8) is 0 Å². The molecule has 0 radical (unpaired) electrons. The predicted octanol–water partition coefficient (Wildman–Crippen LogP) is 9.07. The number of unbranched alkanes of at least 4 members (excludes halogenated alkanes) is 10. The van der Waals surface area contributed by atoms with Gasteiger partial charge in [-0.2, -0.15) is 0 Å². The largest absolute Gasteiger partial charge is 0.393 e. The second kappa shape index (κ2) is 25.0. The lowest BCUT2D eigenvalue weighted by molar-refractivity contribution is 0.147. The molecule has 26 heavy (non-hydrogen) atoms. The van der Waals surface area contributed by atoms with Crippen molar-refractivity contribution in [2.24, 2.45) is 5.92 Å². The van der Waals surface area contributed by atoms with Crippen LogP contribution >= 0.6 is 0 Å². The number of aliphatic hydroxyl groups is 1. The first kappa shape index (κ1) is 28.2. The van der Waals surface area contributed by atoms with Crippen LogP contribution in [0.2, 0.25) is 0 Å². The highest BCUT2D eigenvalue weighted by molar-refractivity contribution is 4.56. The Morgan fingerprint density at radius 3 is 1.19 bits per heavy atom. The standard InChI is InChI=1S/C13H28.C12H26O/c1-4-6-8-10-12-13(3)11-9-7-5-2;1-3-5-7-9-11-12(13)10-8-6-4-2/h13H,4-12H2,1-3H3;12-13H,3-11H2,1-2H3. The quantitative estimate of drug-likeness (QED) is 0.238. The summed E-state index contributed by atoms with van der Waals surface area (Å²) in [5.74, 6) is 0.975. The van der Waals surface area contributed by atoms with E-state index in [0.29, 0.717) is 0 Å². The molecule has 1 N–H and O–H groups in total. The number of rotatable bonds is 18. The van der Waals surface area contributed by atoms with Crippen LogP contribution in [0.25, 0.3) is 0 Å². The monoisotopic (exact) mass is 370 g/mol. The number of hydrogen-bond donors (Lipinski definition) is 1. The van der Waals surface area contributed by atoms with E-state index in [4.69, 9.17) is 0 Å². The van der Waals surface area contributed by atoms with Crippen LogP contribution in [-0.4, -0.2) is 11.2 Å². The normalized spacial score (nSPS) is 13.2. The third-order valence-electron chi connectivity index (χ3n) is 5.38. The van der Waals surface area contributed by atoms with Crippen LogP contribution in [0, 0.1) is 5.92 Å². The average Bonchev–Trinajstić information content (AvgIpc) is 2.63. The zero-order valence-electron chi connectivity index (χ0n) is 19.3. The molecule has 0 fully saturated rings. The molecule has 0 rings (SSSR count). The van der Waals surface area contributed by atoms with Crippen molar-refractivity contribution >= 4 is 0 Å². The molecule has 160 valence electrons. The Morgan fingerprint density at radius 2 is 0.769 bits per heavy atom. The van der Waals surface area contributed by atoms with Crippen LogP contribution < -0.4 is 0 Å². The Labute approximate surface area is 167 Å². The van der Waals surface area contributed by atoms with E-state index in [0.717, 1.165) is 18.8 Å². The molecule has 0 saturated heterocycles. The average molecular weight is 371 g/mol. The van der Waals surface area contributed by atoms with Gasteiger partial charge in [-0.3, -0.25) is 0 Å². The Bertz CT molecular complexity index is 202. The second-order valence-electron chi connectivity index (χ2n) is 8.45. The molecule has 0 aromatic rings. The minimum Gasteiger partial charge on any atom is -0.393 e. The molecule has 2 atom stereocenters. The third-order valence-corrected chi connectivity index (χ3v) is 5.38. The van der Waals surface area contributed by atoms with Gasteiger partial charge in [0.1, 0.15) is 0 Å². The van der Waals surface area contributed by atoms with E-state index in [1.165, 1.54) is 103 Å². The summed E-state index contributed by atoms with van der Waals surface area (Å²) in [6.07, 6.45) is 23.7. The second-order valence-corrected chi connectivity index (χ2v) is 8.45. The fourth-order valence-corrected chi connectivity index (χ4v) is 3.39. The fraction of sp³-hybridized carbons (Fsp3) is 1.00. The Balaban J connectivity index is 0. The molecule has 0 aliphatic rings. The van der Waals surface area contributed by atoms with Gasteiger partial charge in [-0.25, -0.2) is 0 Å². The Hall–Kier alpha value is -0.0400. The number of aliphatic hydroxyl groups excluding tert-OH is 1. The van der Waals surface area contributed by atoms with Gasteiger partial charge in [0.2, 0.25) is 0 Å². The summed E-state index contributed by atoms with van der Waals surface area (Å²) in [6, 6.07) is 0. The van der Waals surface area contributed by atoms with E-state index in [1.807, 2.05) is 0 Å². The molecular weight excluding hydrogens is 316 g/mol. The fourth-order valence-electron chi connectivity index (χ4n) is 3.39. The Morgan fingerprint density at radius 1 is 0.462 bits per heavy atom. The van der Waals surface area contributed by atoms with E-state index in [1.54, 1.807) is 0 Å². The molecule has 0 bridgehead atoms. The van der Waals surface area contributed by atoms with Crippen LogP contribution in [0.1, 0.15) is 150 Å². The third kappa shape index (κ3) is 26.2. The maximum Gasteiger partial charge on any atom is 0.0540 e. The highest BCUT2D eigenvalue weighted by Crippen LogP contribution is 2.16. The zero-order valence-corrected chi connectivity index (χ0v) is 19.3. The zero-order chi connectivity index (χ0) is 19.9. The smallest absolute Gasteiger partial charge is 0.0540 e. The lowest BCUT2D eigenvalue weighted by Crippen LogP contribution is -2.05. The van der Waals surface area contributed by atoms with Crippen LogP contribution in [0.3, 0.4) is 0 Å².